The number of thioether (sulfide) groups is 1. The van der Waals surface area contributed by atoms with E-state index in [0.717, 1.165) is 29.1 Å². The van der Waals surface area contributed by atoms with E-state index in [4.69, 9.17) is 43.8 Å². The minimum Gasteiger partial charge on any atom is -0.497 e. The molecule has 1 fully saturated rings. The monoisotopic (exact) mass is 1170 g/mol. The molecular formula is C54H72N9O14S3+. The number of thiophene rings is 1. The van der Waals surface area contributed by atoms with Crippen molar-refractivity contribution < 1.29 is 67.1 Å². The third-order valence-electron chi connectivity index (χ3n) is 10.8. The fourth-order valence-corrected chi connectivity index (χ4v) is 10.1. The SMILES string of the molecule is CO.COc1ccc(COC(=O)C2=C(C[OH+]C/C=C/C=C3\N(C)C=CN3Cc3cc(C(=N)NC(=O)OC(C)(C)C)cs3)CS[C@@H]3[C@H](NC(=O)/C(=N\OC(C)(C)C(=O)OC(C)(C)C)c4csc(NC(=O)OC(C)(C)C)n4)C(=O)N23)cc1. The number of amides is 4. The van der Waals surface area contributed by atoms with Crippen LogP contribution in [0.3, 0.4) is 0 Å². The summed E-state index contributed by atoms with van der Waals surface area (Å²) >= 11 is 3.75. The van der Waals surface area contributed by atoms with Gasteiger partial charge >= 0.3 is 24.1 Å². The van der Waals surface area contributed by atoms with Gasteiger partial charge in [0.1, 0.15) is 63.6 Å². The Morgan fingerprint density at radius 3 is 2.23 bits per heavy atom. The van der Waals surface area contributed by atoms with Crippen molar-refractivity contribution in [2.24, 2.45) is 5.16 Å². The Kier molecular flexibility index (Phi) is 21.7. The fourth-order valence-electron chi connectivity index (χ4n) is 7.19. The summed E-state index contributed by atoms with van der Waals surface area (Å²) in [6.07, 6.45) is 8.06. The number of nitrogens with zero attached hydrogens (tertiary/aromatic N) is 5. The Bertz CT molecular complexity index is 2910. The number of aliphatic hydroxyl groups excluding tert-OH is 1. The second-order valence-electron chi connectivity index (χ2n) is 21.3. The molecule has 1 saturated heterocycles. The first-order valence-corrected chi connectivity index (χ1v) is 27.8. The van der Waals surface area contributed by atoms with Crippen LogP contribution in [-0.2, 0) is 56.1 Å². The van der Waals surface area contributed by atoms with Gasteiger partial charge < -0.3 is 53.5 Å². The van der Waals surface area contributed by atoms with Crippen molar-refractivity contribution in [1.29, 1.82) is 5.41 Å². The number of aromatic nitrogens is 1. The molecule has 6 rings (SSSR count). The normalized spacial score (nSPS) is 17.0. The highest BCUT2D eigenvalue weighted by atomic mass is 32.2. The number of ether oxygens (including phenoxy) is 6. The number of methoxy groups -OCH3 is 1. The zero-order valence-corrected chi connectivity index (χ0v) is 49.8. The molecule has 434 valence electrons. The largest absolute Gasteiger partial charge is 0.497 e. The highest BCUT2D eigenvalue weighted by Crippen LogP contribution is 2.41. The first kappa shape index (κ1) is 63.6. The Morgan fingerprint density at radius 1 is 0.912 bits per heavy atom. The molecule has 3 aliphatic rings. The average Bonchev–Trinajstić information content (AvgIpc) is 4.20. The Balaban J connectivity index is 0.00000581. The molecule has 80 heavy (non-hydrogen) atoms. The molecule has 0 aliphatic carbocycles. The van der Waals surface area contributed by atoms with Crippen LogP contribution in [0.5, 0.6) is 5.75 Å². The molecule has 23 nitrogen and oxygen atoms in total. The summed E-state index contributed by atoms with van der Waals surface area (Å²) in [7, 11) is 4.47. The highest BCUT2D eigenvalue weighted by molar-refractivity contribution is 8.00. The van der Waals surface area contributed by atoms with E-state index in [-0.39, 0.29) is 47.9 Å². The number of allylic oxidation sites excluding steroid dienone is 2. The van der Waals surface area contributed by atoms with Gasteiger partial charge in [-0.05, 0) is 112 Å². The number of nitrogens with one attached hydrogen (secondary N) is 4. The number of carbonyl (C=O) groups excluding carboxylic acids is 6. The van der Waals surface area contributed by atoms with E-state index in [9.17, 15) is 28.8 Å². The summed E-state index contributed by atoms with van der Waals surface area (Å²) in [5.41, 5.74) is -2.70. The van der Waals surface area contributed by atoms with E-state index < -0.39 is 75.5 Å². The number of carbonyl (C=O) groups is 6. The molecule has 0 unspecified atom stereocenters. The van der Waals surface area contributed by atoms with Crippen LogP contribution in [0.4, 0.5) is 14.7 Å². The van der Waals surface area contributed by atoms with Gasteiger partial charge in [-0.25, -0.2) is 24.2 Å². The number of oxime groups is 1. The summed E-state index contributed by atoms with van der Waals surface area (Å²) < 4.78 is 31.9. The lowest BCUT2D eigenvalue weighted by Gasteiger charge is -2.49. The molecule has 0 spiro atoms. The molecule has 3 aromatic rings. The number of thiazole rings is 1. The maximum Gasteiger partial charge on any atom is 0.413 e. The molecule has 3 aliphatic heterocycles. The predicted octanol–water partition coefficient (Wildman–Crippen LogP) is 7.10. The van der Waals surface area contributed by atoms with Crippen LogP contribution in [-0.4, -0.2) is 151 Å². The van der Waals surface area contributed by atoms with Gasteiger partial charge in [0.2, 0.25) is 5.60 Å². The molecule has 0 saturated carbocycles. The third kappa shape index (κ3) is 18.1. The van der Waals surface area contributed by atoms with Crippen molar-refractivity contribution in [2.75, 3.05) is 45.6 Å². The number of anilines is 1. The average molecular weight is 1170 g/mol. The van der Waals surface area contributed by atoms with E-state index in [1.807, 2.05) is 58.9 Å². The second-order valence-corrected chi connectivity index (χ2v) is 24.3. The van der Waals surface area contributed by atoms with E-state index >= 15 is 0 Å². The zero-order chi connectivity index (χ0) is 59.3. The highest BCUT2D eigenvalue weighted by Gasteiger charge is 2.55. The summed E-state index contributed by atoms with van der Waals surface area (Å²) in [4.78, 5) is 96.8. The smallest absolute Gasteiger partial charge is 0.413 e. The van der Waals surface area contributed by atoms with Gasteiger partial charge in [0.25, 0.3) is 11.8 Å². The maximum atomic E-state index is 14.3. The topological polar surface area (TPSA) is 286 Å². The van der Waals surface area contributed by atoms with Gasteiger partial charge in [0.05, 0.1) is 13.7 Å². The van der Waals surface area contributed by atoms with Gasteiger partial charge in [0.15, 0.2) is 24.1 Å². The number of hydrogen-bond donors (Lipinski definition) is 5. The van der Waals surface area contributed by atoms with E-state index in [2.05, 4.69) is 26.1 Å². The number of fused-ring (bicyclic) bond motifs is 1. The summed E-state index contributed by atoms with van der Waals surface area (Å²) in [6.45, 7) is 19.0. The Morgan fingerprint density at radius 2 is 1.57 bits per heavy atom. The van der Waals surface area contributed by atoms with Crippen molar-refractivity contribution in [2.45, 2.75) is 123 Å². The number of aliphatic hydroxyl groups is 3. The number of esters is 2. The van der Waals surface area contributed by atoms with E-state index in [0.29, 0.717) is 29.0 Å². The van der Waals surface area contributed by atoms with Crippen LogP contribution in [0.15, 0.2) is 94.0 Å². The fraction of sp³-hybridized carbons (Fsp3) is 0.463. The van der Waals surface area contributed by atoms with Gasteiger partial charge in [-0.1, -0.05) is 23.4 Å². The molecule has 26 heteroatoms. The lowest BCUT2D eigenvalue weighted by atomic mass is 10.0. The van der Waals surface area contributed by atoms with Gasteiger partial charge in [-0.2, -0.15) is 0 Å². The third-order valence-corrected chi connectivity index (χ3v) is 13.8. The number of amidine groups is 1. The van der Waals surface area contributed by atoms with Crippen LogP contribution in [0.1, 0.15) is 97.9 Å². The van der Waals surface area contributed by atoms with Crippen LogP contribution in [0, 0.1) is 5.41 Å². The van der Waals surface area contributed by atoms with Crippen LogP contribution < -0.4 is 20.7 Å². The second kappa shape index (κ2) is 27.3. The minimum absolute atomic E-state index is 0.0214. The quantitative estimate of drug-likeness (QED) is 0.0117. The molecule has 2 aromatic heterocycles. The zero-order valence-electron chi connectivity index (χ0n) is 47.4. The van der Waals surface area contributed by atoms with Gasteiger partial charge in [-0.15, -0.1) is 34.4 Å². The van der Waals surface area contributed by atoms with Crippen LogP contribution >= 0.6 is 34.4 Å². The number of β-lactam (4-membered cyclic amide) rings is 1. The molecular weight excluding hydrogens is 1090 g/mol. The molecule has 4 amide bonds. The summed E-state index contributed by atoms with van der Waals surface area (Å²) in [5.74, 6) is -1.31. The Labute approximate surface area is 477 Å². The molecule has 2 atom stereocenters. The Hall–Kier alpha value is -7.26. The number of benzene rings is 1. The van der Waals surface area contributed by atoms with Crippen LogP contribution in [0.2, 0.25) is 0 Å². The van der Waals surface area contributed by atoms with E-state index in [1.165, 1.54) is 47.2 Å². The number of alkyl carbamates (subject to hydrolysis) is 1. The van der Waals surface area contributed by atoms with Crippen molar-refractivity contribution >= 4 is 87.1 Å². The molecule has 0 bridgehead atoms. The number of rotatable bonds is 19. The first-order valence-electron chi connectivity index (χ1n) is 25.0. The van der Waals surface area contributed by atoms with Crippen molar-refractivity contribution in [3.05, 3.63) is 111 Å². The van der Waals surface area contributed by atoms with E-state index in [1.54, 1.807) is 93.7 Å². The van der Waals surface area contributed by atoms with Crippen molar-refractivity contribution in [1.82, 2.24) is 30.3 Å². The molecule has 5 heterocycles. The van der Waals surface area contributed by atoms with Gasteiger partial charge in [0, 0.05) is 59.1 Å². The molecule has 0 radical (unpaired) electrons. The standard InChI is InChI=1S/C53H67N9O13S3.CH4O/c1-50(2,3)72-46(66)53(10,11)75-59-38(36-30-78-47(55-36)58-49(68)74-52(7,8)9)42(63)56-39-43(64)62-40(45(65)71-26-31-17-19-34(69-13)20-18-31)33(29-77-44(39)62)27-70-23-15-14-16-37-60(12)21-22-61(37)25-35-24-32(28-76-35)41(54)57-48(67)73-51(4,5)6;1-2/h14-22,24,28,30,39,44H,23,25-27,29H2,1-13H3,(H,56,63)(H2,54,57,67)(H,55,58,68);2H,1H3/p+1/b15-14+,37-16+,59-38-;/t39-,44-;/m1./s1. The number of hydrogen-bond acceptors (Lipinski definition) is 21. The minimum atomic E-state index is -1.68. The van der Waals surface area contributed by atoms with Crippen LogP contribution in [0.25, 0.3) is 0 Å². The lowest BCUT2D eigenvalue weighted by Crippen LogP contribution is -2.71. The lowest BCUT2D eigenvalue weighted by molar-refractivity contribution is -0.179. The maximum absolute atomic E-state index is 14.3. The molecule has 1 aromatic carbocycles. The summed E-state index contributed by atoms with van der Waals surface area (Å²) in [5, 5.41) is 29.7. The van der Waals surface area contributed by atoms with Crippen molar-refractivity contribution in [3.63, 3.8) is 0 Å². The predicted molar refractivity (Wildman–Crippen MR) is 305 cm³/mol. The van der Waals surface area contributed by atoms with Gasteiger partial charge in [-0.3, -0.25) is 30.5 Å². The first-order chi connectivity index (χ1) is 37.5. The van der Waals surface area contributed by atoms with Crippen molar-refractivity contribution in [3.8, 4) is 5.75 Å². The molecule has 6 N–H and O–H groups in total. The summed E-state index contributed by atoms with van der Waals surface area (Å²) in [6, 6.07) is 7.69.